The molecule has 0 aliphatic heterocycles. The summed E-state index contributed by atoms with van der Waals surface area (Å²) in [6.45, 7) is 0. The molecule has 0 radical (unpaired) electrons. The van der Waals surface area contributed by atoms with E-state index in [1.807, 2.05) is 0 Å². The van der Waals surface area contributed by atoms with E-state index in [4.69, 9.17) is 10.3 Å². The molecular formula is C14H11N3O2. The van der Waals surface area contributed by atoms with Gasteiger partial charge in [0, 0.05) is 21.7 Å². The molecule has 0 saturated heterocycles. The molecular weight excluding hydrogens is 242 g/mol. The highest BCUT2D eigenvalue weighted by Crippen LogP contribution is 2.23. The molecule has 0 fully saturated rings. The maximum Gasteiger partial charge on any atom is 0.193 e. The molecule has 0 atom stereocenters. The lowest BCUT2D eigenvalue weighted by Crippen LogP contribution is -2.01. The number of carbonyl (C=O) groups excluding carboxylic acids is 1. The van der Waals surface area contributed by atoms with Crippen LogP contribution in [0.2, 0.25) is 0 Å². The van der Waals surface area contributed by atoms with E-state index in [1.165, 1.54) is 0 Å². The van der Waals surface area contributed by atoms with Crippen LogP contribution in [0.25, 0.3) is 10.4 Å². The molecule has 5 nitrogen and oxygen atoms in total. The summed E-state index contributed by atoms with van der Waals surface area (Å²) < 4.78 is 5.04. The van der Waals surface area contributed by atoms with Crippen LogP contribution in [0.1, 0.15) is 15.9 Å². The molecule has 0 aromatic heterocycles. The van der Waals surface area contributed by atoms with Crippen molar-refractivity contribution in [1.29, 1.82) is 0 Å². The fourth-order valence-corrected chi connectivity index (χ4v) is 1.70. The van der Waals surface area contributed by atoms with Gasteiger partial charge in [0.2, 0.25) is 0 Å². The number of hydrogen-bond donors (Lipinski definition) is 0. The van der Waals surface area contributed by atoms with Crippen LogP contribution in [0.4, 0.5) is 5.69 Å². The van der Waals surface area contributed by atoms with E-state index in [0.29, 0.717) is 22.6 Å². The summed E-state index contributed by atoms with van der Waals surface area (Å²) >= 11 is 0. The number of benzene rings is 2. The highest BCUT2D eigenvalue weighted by molar-refractivity contribution is 6.11. The average Bonchev–Trinajstić information content (AvgIpc) is 2.47. The number of nitrogens with zero attached hydrogens (tertiary/aromatic N) is 3. The van der Waals surface area contributed by atoms with Gasteiger partial charge in [-0.2, -0.15) is 0 Å². The lowest BCUT2D eigenvalue weighted by atomic mass is 10.0. The molecule has 0 bridgehead atoms. The monoisotopic (exact) mass is 253 g/mol. The van der Waals surface area contributed by atoms with Crippen molar-refractivity contribution >= 4 is 11.5 Å². The second-order valence-electron chi connectivity index (χ2n) is 3.76. The quantitative estimate of drug-likeness (QED) is 0.359. The van der Waals surface area contributed by atoms with Gasteiger partial charge in [-0.1, -0.05) is 29.4 Å². The van der Waals surface area contributed by atoms with Gasteiger partial charge in [0.25, 0.3) is 0 Å². The van der Waals surface area contributed by atoms with Gasteiger partial charge < -0.3 is 4.74 Å². The smallest absolute Gasteiger partial charge is 0.193 e. The maximum atomic E-state index is 12.3. The summed E-state index contributed by atoms with van der Waals surface area (Å²) in [4.78, 5) is 15.0. The Bertz CT molecular complexity index is 644. The first kappa shape index (κ1) is 12.7. The second kappa shape index (κ2) is 5.71. The Balaban J connectivity index is 2.40. The minimum Gasteiger partial charge on any atom is -0.497 e. The molecule has 5 heteroatoms. The Morgan fingerprint density at radius 3 is 2.47 bits per heavy atom. The van der Waals surface area contributed by atoms with Crippen LogP contribution in [0.15, 0.2) is 53.6 Å². The Morgan fingerprint density at radius 1 is 1.16 bits per heavy atom. The minimum atomic E-state index is -0.189. The summed E-state index contributed by atoms with van der Waals surface area (Å²) in [5, 5.41) is 3.52. The normalized spacial score (nSPS) is 9.53. The molecule has 2 aromatic carbocycles. The standard InChI is InChI=1S/C14H11N3O2/c1-19-11-8-6-10(7-9-11)14(18)12-4-2-3-5-13(12)16-17-15/h2-9H,1H3. The van der Waals surface area contributed by atoms with Crippen molar-refractivity contribution < 1.29 is 9.53 Å². The zero-order valence-electron chi connectivity index (χ0n) is 10.3. The summed E-state index contributed by atoms with van der Waals surface area (Å²) in [7, 11) is 1.56. The highest BCUT2D eigenvalue weighted by atomic mass is 16.5. The molecule has 0 unspecified atom stereocenters. The van der Waals surface area contributed by atoms with Crippen molar-refractivity contribution in [3.63, 3.8) is 0 Å². The molecule has 0 heterocycles. The SMILES string of the molecule is COc1ccc(C(=O)c2ccccc2N=[N+]=[N-])cc1. The van der Waals surface area contributed by atoms with Crippen LogP contribution in [0.5, 0.6) is 5.75 Å². The predicted molar refractivity (Wildman–Crippen MR) is 71.7 cm³/mol. The topological polar surface area (TPSA) is 75.1 Å². The van der Waals surface area contributed by atoms with Gasteiger partial charge in [-0.3, -0.25) is 4.79 Å². The van der Waals surface area contributed by atoms with Crippen molar-refractivity contribution in [2.75, 3.05) is 7.11 Å². The van der Waals surface area contributed by atoms with Gasteiger partial charge in [0.05, 0.1) is 7.11 Å². The van der Waals surface area contributed by atoms with Crippen LogP contribution in [-0.2, 0) is 0 Å². The number of hydrogen-bond acceptors (Lipinski definition) is 3. The summed E-state index contributed by atoms with van der Waals surface area (Å²) in [5.74, 6) is 0.491. The fourth-order valence-electron chi connectivity index (χ4n) is 1.70. The number of azide groups is 1. The molecule has 0 aliphatic rings. The lowest BCUT2D eigenvalue weighted by molar-refractivity contribution is 0.103. The largest absolute Gasteiger partial charge is 0.497 e. The number of ether oxygens (including phenoxy) is 1. The van der Waals surface area contributed by atoms with Gasteiger partial charge in [-0.15, -0.1) is 0 Å². The first-order valence-electron chi connectivity index (χ1n) is 5.59. The number of carbonyl (C=O) groups is 1. The van der Waals surface area contributed by atoms with Gasteiger partial charge in [-0.25, -0.2) is 0 Å². The van der Waals surface area contributed by atoms with Crippen molar-refractivity contribution in [3.8, 4) is 5.75 Å². The Kier molecular flexibility index (Phi) is 3.81. The molecule has 94 valence electrons. The van der Waals surface area contributed by atoms with E-state index in [9.17, 15) is 4.79 Å². The molecule has 0 amide bonds. The third-order valence-corrected chi connectivity index (χ3v) is 2.65. The second-order valence-corrected chi connectivity index (χ2v) is 3.76. The van der Waals surface area contributed by atoms with Crippen molar-refractivity contribution in [1.82, 2.24) is 0 Å². The fraction of sp³-hybridized carbons (Fsp3) is 0.0714. The van der Waals surface area contributed by atoms with Gasteiger partial charge in [-0.05, 0) is 29.8 Å². The predicted octanol–water partition coefficient (Wildman–Crippen LogP) is 3.87. The van der Waals surface area contributed by atoms with E-state index in [2.05, 4.69) is 10.0 Å². The van der Waals surface area contributed by atoms with E-state index >= 15 is 0 Å². The molecule has 0 N–H and O–H groups in total. The molecule has 0 aliphatic carbocycles. The number of ketones is 1. The van der Waals surface area contributed by atoms with Crippen LogP contribution in [-0.4, -0.2) is 12.9 Å². The van der Waals surface area contributed by atoms with E-state index in [-0.39, 0.29) is 5.78 Å². The Hall–Kier alpha value is -2.78. The number of rotatable bonds is 4. The first-order valence-corrected chi connectivity index (χ1v) is 5.59. The molecule has 2 aromatic rings. The van der Waals surface area contributed by atoms with Gasteiger partial charge >= 0.3 is 0 Å². The van der Waals surface area contributed by atoms with Crippen molar-refractivity contribution in [2.45, 2.75) is 0 Å². The van der Waals surface area contributed by atoms with Crippen LogP contribution >= 0.6 is 0 Å². The maximum absolute atomic E-state index is 12.3. The van der Waals surface area contributed by atoms with Crippen LogP contribution in [0.3, 0.4) is 0 Å². The lowest BCUT2D eigenvalue weighted by Gasteiger charge is -2.05. The molecule has 0 saturated carbocycles. The van der Waals surface area contributed by atoms with E-state index < -0.39 is 0 Å². The zero-order valence-corrected chi connectivity index (χ0v) is 10.3. The van der Waals surface area contributed by atoms with Gasteiger partial charge in [0.15, 0.2) is 5.78 Å². The van der Waals surface area contributed by atoms with E-state index in [0.717, 1.165) is 0 Å². The summed E-state index contributed by atoms with van der Waals surface area (Å²) in [6.07, 6.45) is 0. The average molecular weight is 253 g/mol. The van der Waals surface area contributed by atoms with Crippen LogP contribution < -0.4 is 4.74 Å². The van der Waals surface area contributed by atoms with Crippen molar-refractivity contribution in [2.24, 2.45) is 5.11 Å². The van der Waals surface area contributed by atoms with Crippen LogP contribution in [0, 0.1) is 0 Å². The third kappa shape index (κ3) is 2.73. The molecule has 0 spiro atoms. The zero-order chi connectivity index (χ0) is 13.7. The highest BCUT2D eigenvalue weighted by Gasteiger charge is 2.12. The summed E-state index contributed by atoms with van der Waals surface area (Å²) in [5.41, 5.74) is 9.72. The molecule has 19 heavy (non-hydrogen) atoms. The number of methoxy groups -OCH3 is 1. The van der Waals surface area contributed by atoms with Crippen molar-refractivity contribution in [3.05, 3.63) is 70.1 Å². The Labute approximate surface area is 110 Å². The first-order chi connectivity index (χ1) is 9.26. The third-order valence-electron chi connectivity index (χ3n) is 2.65. The van der Waals surface area contributed by atoms with Gasteiger partial charge in [0.1, 0.15) is 5.75 Å². The summed E-state index contributed by atoms with van der Waals surface area (Å²) in [6, 6.07) is 13.5. The minimum absolute atomic E-state index is 0.189. The van der Waals surface area contributed by atoms with E-state index in [1.54, 1.807) is 55.6 Å². The Morgan fingerprint density at radius 2 is 1.84 bits per heavy atom. The molecule has 2 rings (SSSR count).